The summed E-state index contributed by atoms with van der Waals surface area (Å²) in [5.74, 6) is 0.733. The normalized spacial score (nSPS) is 17.9. The van der Waals surface area contributed by atoms with Crippen molar-refractivity contribution in [2.45, 2.75) is 38.4 Å². The van der Waals surface area contributed by atoms with Crippen molar-refractivity contribution < 1.29 is 13.2 Å². The van der Waals surface area contributed by atoms with Gasteiger partial charge in [0.1, 0.15) is 23.0 Å². The molecule has 1 aromatic heterocycles. The molecule has 2 rings (SSSR count). The van der Waals surface area contributed by atoms with Crippen molar-refractivity contribution in [3.05, 3.63) is 11.4 Å². The molecule has 7 heteroatoms. The van der Waals surface area contributed by atoms with Gasteiger partial charge in [0, 0.05) is 5.56 Å². The summed E-state index contributed by atoms with van der Waals surface area (Å²) in [6.07, 6.45) is -4.13. The Morgan fingerprint density at radius 3 is 2.29 bits per heavy atom. The topological polar surface area (TPSA) is 63.8 Å². The smallest absolute Gasteiger partial charge is 0.383 e. The molecule has 3 N–H and O–H groups in total. The van der Waals surface area contributed by atoms with E-state index in [4.69, 9.17) is 5.73 Å². The quantitative estimate of drug-likeness (QED) is 0.839. The van der Waals surface area contributed by atoms with Gasteiger partial charge in [-0.25, -0.2) is 9.97 Å². The highest BCUT2D eigenvalue weighted by molar-refractivity contribution is 5.57. The standard InChI is InChI=1S/C10H13F3N4/c1-5-7(14)15-6(2)16-8(5)17-9(3-4-9)10(11,12)13/h3-4H2,1-2H3,(H3,14,15,16,17). The number of rotatable bonds is 2. The molecular weight excluding hydrogens is 233 g/mol. The van der Waals surface area contributed by atoms with Gasteiger partial charge >= 0.3 is 6.18 Å². The Bertz CT molecular complexity index is 452. The highest BCUT2D eigenvalue weighted by Crippen LogP contribution is 2.51. The van der Waals surface area contributed by atoms with Crippen LogP contribution in [0.1, 0.15) is 24.2 Å². The highest BCUT2D eigenvalue weighted by Gasteiger charge is 2.63. The molecule has 0 spiro atoms. The number of nitrogens with zero attached hydrogens (tertiary/aromatic N) is 2. The zero-order chi connectivity index (χ0) is 12.8. The fourth-order valence-electron chi connectivity index (χ4n) is 1.60. The van der Waals surface area contributed by atoms with E-state index in [-0.39, 0.29) is 24.5 Å². The molecule has 0 unspecified atom stereocenters. The number of hydrogen-bond acceptors (Lipinski definition) is 4. The number of aryl methyl sites for hydroxylation is 1. The van der Waals surface area contributed by atoms with E-state index >= 15 is 0 Å². The summed E-state index contributed by atoms with van der Waals surface area (Å²) in [6, 6.07) is 0. The number of halogens is 3. The van der Waals surface area contributed by atoms with Crippen molar-refractivity contribution in [2.24, 2.45) is 0 Å². The lowest BCUT2D eigenvalue weighted by molar-refractivity contribution is -0.151. The average Bonchev–Trinajstić information content (AvgIpc) is 2.93. The minimum atomic E-state index is -4.27. The second-order valence-electron chi connectivity index (χ2n) is 4.33. The zero-order valence-electron chi connectivity index (χ0n) is 9.52. The van der Waals surface area contributed by atoms with Crippen LogP contribution < -0.4 is 11.1 Å². The minimum Gasteiger partial charge on any atom is -0.383 e. The lowest BCUT2D eigenvalue weighted by Gasteiger charge is -2.22. The van der Waals surface area contributed by atoms with Crippen molar-refractivity contribution in [1.29, 1.82) is 0 Å². The van der Waals surface area contributed by atoms with Gasteiger partial charge in [-0.3, -0.25) is 0 Å². The van der Waals surface area contributed by atoms with Gasteiger partial charge in [-0.05, 0) is 26.7 Å². The van der Waals surface area contributed by atoms with Crippen molar-refractivity contribution in [2.75, 3.05) is 11.1 Å². The number of nitrogens with one attached hydrogen (secondary N) is 1. The Morgan fingerprint density at radius 2 is 1.82 bits per heavy atom. The van der Waals surface area contributed by atoms with Gasteiger partial charge < -0.3 is 11.1 Å². The predicted molar refractivity (Wildman–Crippen MR) is 57.6 cm³/mol. The second-order valence-corrected chi connectivity index (χ2v) is 4.33. The van der Waals surface area contributed by atoms with Gasteiger partial charge in [0.05, 0.1) is 0 Å². The molecule has 1 aliphatic carbocycles. The molecule has 0 atom stereocenters. The van der Waals surface area contributed by atoms with Crippen LogP contribution in [0.15, 0.2) is 0 Å². The molecule has 94 valence electrons. The number of nitrogen functional groups attached to an aromatic ring is 1. The molecule has 0 radical (unpaired) electrons. The van der Waals surface area contributed by atoms with E-state index in [1.807, 2.05) is 0 Å². The SMILES string of the molecule is Cc1nc(N)c(C)c(NC2(C(F)(F)F)CC2)n1. The fourth-order valence-corrected chi connectivity index (χ4v) is 1.60. The van der Waals surface area contributed by atoms with E-state index in [1.165, 1.54) is 0 Å². The average molecular weight is 246 g/mol. The van der Waals surface area contributed by atoms with Crippen LogP contribution in [0, 0.1) is 13.8 Å². The molecule has 0 bridgehead atoms. The molecular formula is C10H13F3N4. The van der Waals surface area contributed by atoms with E-state index in [0.717, 1.165) is 0 Å². The Labute approximate surface area is 96.4 Å². The summed E-state index contributed by atoms with van der Waals surface area (Å²) < 4.78 is 38.3. The Morgan fingerprint density at radius 1 is 1.24 bits per heavy atom. The summed E-state index contributed by atoms with van der Waals surface area (Å²) >= 11 is 0. The molecule has 1 aliphatic rings. The second kappa shape index (κ2) is 3.48. The van der Waals surface area contributed by atoms with E-state index in [9.17, 15) is 13.2 Å². The summed E-state index contributed by atoms with van der Waals surface area (Å²) in [6.45, 7) is 3.19. The number of alkyl halides is 3. The molecule has 1 heterocycles. The first kappa shape index (κ1) is 11.9. The number of anilines is 2. The van der Waals surface area contributed by atoms with Crippen molar-refractivity contribution in [3.63, 3.8) is 0 Å². The maximum absolute atomic E-state index is 12.8. The first-order chi connectivity index (χ1) is 7.75. The zero-order valence-corrected chi connectivity index (χ0v) is 9.52. The Balaban J connectivity index is 2.32. The summed E-state index contributed by atoms with van der Waals surface area (Å²) in [4.78, 5) is 7.86. The Kier molecular flexibility index (Phi) is 2.44. The van der Waals surface area contributed by atoms with E-state index in [0.29, 0.717) is 11.4 Å². The molecule has 1 fully saturated rings. The van der Waals surface area contributed by atoms with Crippen molar-refractivity contribution in [1.82, 2.24) is 9.97 Å². The first-order valence-corrected chi connectivity index (χ1v) is 5.21. The molecule has 0 saturated heterocycles. The van der Waals surface area contributed by atoms with Crippen LogP contribution in [0.3, 0.4) is 0 Å². The van der Waals surface area contributed by atoms with Crippen LogP contribution in [-0.4, -0.2) is 21.7 Å². The summed E-state index contributed by atoms with van der Waals surface area (Å²) in [5.41, 5.74) is 4.22. The monoisotopic (exact) mass is 246 g/mol. The molecule has 1 saturated carbocycles. The van der Waals surface area contributed by atoms with Crippen LogP contribution in [0.2, 0.25) is 0 Å². The summed E-state index contributed by atoms with van der Waals surface area (Å²) in [7, 11) is 0. The largest absolute Gasteiger partial charge is 0.411 e. The molecule has 17 heavy (non-hydrogen) atoms. The van der Waals surface area contributed by atoms with E-state index < -0.39 is 11.7 Å². The minimum absolute atomic E-state index is 0.0683. The van der Waals surface area contributed by atoms with Crippen LogP contribution in [-0.2, 0) is 0 Å². The van der Waals surface area contributed by atoms with Crippen LogP contribution in [0.25, 0.3) is 0 Å². The molecule has 4 nitrogen and oxygen atoms in total. The van der Waals surface area contributed by atoms with Crippen LogP contribution >= 0.6 is 0 Å². The van der Waals surface area contributed by atoms with Gasteiger partial charge in [-0.1, -0.05) is 0 Å². The fraction of sp³-hybridized carbons (Fsp3) is 0.600. The predicted octanol–water partition coefficient (Wildman–Crippen LogP) is 2.18. The third-order valence-corrected chi connectivity index (χ3v) is 2.95. The highest BCUT2D eigenvalue weighted by atomic mass is 19.4. The van der Waals surface area contributed by atoms with Gasteiger partial charge in [-0.15, -0.1) is 0 Å². The van der Waals surface area contributed by atoms with Crippen molar-refractivity contribution in [3.8, 4) is 0 Å². The molecule has 0 aliphatic heterocycles. The van der Waals surface area contributed by atoms with Crippen LogP contribution in [0.4, 0.5) is 24.8 Å². The van der Waals surface area contributed by atoms with Gasteiger partial charge in [-0.2, -0.15) is 13.2 Å². The van der Waals surface area contributed by atoms with E-state index in [1.54, 1.807) is 13.8 Å². The molecule has 1 aromatic rings. The number of nitrogens with two attached hydrogens (primary N) is 1. The Hall–Kier alpha value is -1.53. The first-order valence-electron chi connectivity index (χ1n) is 5.21. The molecule has 0 amide bonds. The number of hydrogen-bond donors (Lipinski definition) is 2. The maximum atomic E-state index is 12.8. The van der Waals surface area contributed by atoms with Gasteiger partial charge in [0.15, 0.2) is 0 Å². The van der Waals surface area contributed by atoms with Crippen LogP contribution in [0.5, 0.6) is 0 Å². The number of aromatic nitrogens is 2. The van der Waals surface area contributed by atoms with Crippen molar-refractivity contribution >= 4 is 11.6 Å². The lowest BCUT2D eigenvalue weighted by Crippen LogP contribution is -2.39. The van der Waals surface area contributed by atoms with Gasteiger partial charge in [0.25, 0.3) is 0 Å². The maximum Gasteiger partial charge on any atom is 0.411 e. The molecule has 0 aromatic carbocycles. The summed E-state index contributed by atoms with van der Waals surface area (Å²) in [5, 5.41) is 2.46. The van der Waals surface area contributed by atoms with Gasteiger partial charge in [0.2, 0.25) is 0 Å². The third kappa shape index (κ3) is 2.01. The van der Waals surface area contributed by atoms with E-state index in [2.05, 4.69) is 15.3 Å². The lowest BCUT2D eigenvalue weighted by atomic mass is 10.2. The third-order valence-electron chi connectivity index (χ3n) is 2.95.